The second-order valence-corrected chi connectivity index (χ2v) is 8.04. The van der Waals surface area contributed by atoms with Crippen molar-refractivity contribution in [1.29, 1.82) is 0 Å². The van der Waals surface area contributed by atoms with Crippen molar-refractivity contribution < 1.29 is 14.3 Å². The van der Waals surface area contributed by atoms with Gasteiger partial charge in [0.25, 0.3) is 0 Å². The lowest BCUT2D eigenvalue weighted by Gasteiger charge is -2.27. The van der Waals surface area contributed by atoms with Crippen molar-refractivity contribution in [2.45, 2.75) is 11.9 Å². The lowest BCUT2D eigenvalue weighted by molar-refractivity contribution is 0.0592. The number of rotatable bonds is 5. The Balaban J connectivity index is 1.76. The largest absolute Gasteiger partial charge is 0.494 e. The van der Waals surface area contributed by atoms with Crippen LogP contribution in [0.1, 0.15) is 28.5 Å². The van der Waals surface area contributed by atoms with Crippen molar-refractivity contribution >= 4 is 17.6 Å². The summed E-state index contributed by atoms with van der Waals surface area (Å²) in [6, 6.07) is 25.4. The van der Waals surface area contributed by atoms with Crippen LogP contribution >= 0.6 is 11.6 Å². The van der Waals surface area contributed by atoms with Crippen LogP contribution in [-0.4, -0.2) is 29.5 Å². The first-order chi connectivity index (χ1) is 15.6. The van der Waals surface area contributed by atoms with Crippen molar-refractivity contribution in [3.05, 3.63) is 95.7 Å². The van der Waals surface area contributed by atoms with E-state index in [1.54, 1.807) is 10.7 Å². The summed E-state index contributed by atoms with van der Waals surface area (Å²) < 4.78 is 12.2. The molecule has 0 spiro atoms. The van der Waals surface area contributed by atoms with Gasteiger partial charge in [0.15, 0.2) is 10.7 Å². The van der Waals surface area contributed by atoms with E-state index in [4.69, 9.17) is 21.1 Å². The molecule has 5 rings (SSSR count). The van der Waals surface area contributed by atoms with E-state index < -0.39 is 11.0 Å². The number of alkyl halides is 1. The Hall–Kier alpha value is -3.57. The van der Waals surface area contributed by atoms with Crippen LogP contribution in [0.2, 0.25) is 0 Å². The smallest absolute Gasteiger partial charge is 0.358 e. The number of methoxy groups -OCH3 is 1. The Morgan fingerprint density at radius 1 is 0.969 bits per heavy atom. The van der Waals surface area contributed by atoms with E-state index in [9.17, 15) is 4.79 Å². The molecule has 4 aromatic rings. The minimum Gasteiger partial charge on any atom is -0.494 e. The van der Waals surface area contributed by atoms with Crippen LogP contribution in [0.15, 0.2) is 78.9 Å². The van der Waals surface area contributed by atoms with Crippen molar-refractivity contribution in [2.24, 2.45) is 0 Å². The summed E-state index contributed by atoms with van der Waals surface area (Å²) in [6.07, 6.45) is 0. The molecule has 0 saturated heterocycles. The molecule has 1 aromatic heterocycles. The fourth-order valence-corrected chi connectivity index (χ4v) is 4.76. The van der Waals surface area contributed by atoms with Crippen LogP contribution < -0.4 is 4.74 Å². The molecule has 1 heterocycles. The monoisotopic (exact) mass is 444 g/mol. The maximum Gasteiger partial charge on any atom is 0.358 e. The standard InChI is InChI=1S/C26H21ClN2O3/c1-3-32-18-14-12-17(13-15-18)24-16-23(25(30)31-2)28-29(24)26(27)21-10-6-4-8-19(21)20-9-5-7-11-22(20)26/h4-16H,3H2,1-2H3. The van der Waals surface area contributed by atoms with Gasteiger partial charge < -0.3 is 9.47 Å². The zero-order valence-corrected chi connectivity index (χ0v) is 18.5. The average molecular weight is 445 g/mol. The van der Waals surface area contributed by atoms with Crippen molar-refractivity contribution in [1.82, 2.24) is 9.78 Å². The Kier molecular flexibility index (Phi) is 4.98. The summed E-state index contributed by atoms with van der Waals surface area (Å²) in [7, 11) is 1.34. The first kappa shape index (κ1) is 20.3. The molecule has 5 nitrogen and oxygen atoms in total. The number of halogens is 1. The summed E-state index contributed by atoms with van der Waals surface area (Å²) in [6.45, 7) is 2.53. The molecule has 0 atom stereocenters. The highest BCUT2D eigenvalue weighted by Gasteiger charge is 2.45. The number of esters is 1. The maximum absolute atomic E-state index is 12.4. The lowest BCUT2D eigenvalue weighted by Crippen LogP contribution is -2.30. The highest BCUT2D eigenvalue weighted by molar-refractivity contribution is 6.28. The molecule has 1 aliphatic carbocycles. The van der Waals surface area contributed by atoms with E-state index in [1.165, 1.54) is 7.11 Å². The van der Waals surface area contributed by atoms with Crippen molar-refractivity contribution in [3.63, 3.8) is 0 Å². The minimum atomic E-state index is -1.12. The summed E-state index contributed by atoms with van der Waals surface area (Å²) >= 11 is 7.48. The van der Waals surface area contributed by atoms with E-state index in [-0.39, 0.29) is 5.69 Å². The van der Waals surface area contributed by atoms with Crippen LogP contribution in [-0.2, 0) is 9.73 Å². The Morgan fingerprint density at radius 3 is 2.12 bits per heavy atom. The molecule has 0 N–H and O–H groups in total. The number of ether oxygens (including phenoxy) is 2. The molecule has 0 fully saturated rings. The van der Waals surface area contributed by atoms with Gasteiger partial charge in [0.05, 0.1) is 19.4 Å². The van der Waals surface area contributed by atoms with Gasteiger partial charge in [-0.25, -0.2) is 9.48 Å². The number of hydrogen-bond donors (Lipinski definition) is 0. The number of benzene rings is 3. The van der Waals surface area contributed by atoms with Gasteiger partial charge in [-0.15, -0.1) is 0 Å². The summed E-state index contributed by atoms with van der Waals surface area (Å²) in [5.74, 6) is 0.253. The topological polar surface area (TPSA) is 53.4 Å². The minimum absolute atomic E-state index is 0.193. The molecule has 3 aromatic carbocycles. The van der Waals surface area contributed by atoms with Crippen LogP contribution in [0.5, 0.6) is 5.75 Å². The number of carbonyl (C=O) groups excluding carboxylic acids is 1. The SMILES string of the molecule is CCOc1ccc(-c2cc(C(=O)OC)nn2C2(Cl)c3ccccc3-c3ccccc32)cc1. The molecule has 0 saturated carbocycles. The van der Waals surface area contributed by atoms with Gasteiger partial charge in [-0.2, -0.15) is 5.10 Å². The van der Waals surface area contributed by atoms with Gasteiger partial charge in [-0.1, -0.05) is 60.1 Å². The van der Waals surface area contributed by atoms with Gasteiger partial charge >= 0.3 is 5.97 Å². The predicted molar refractivity (Wildman–Crippen MR) is 124 cm³/mol. The van der Waals surface area contributed by atoms with Gasteiger partial charge in [0, 0.05) is 16.7 Å². The van der Waals surface area contributed by atoms with E-state index in [1.807, 2.05) is 67.6 Å². The normalized spacial score (nSPS) is 13.3. The summed E-state index contributed by atoms with van der Waals surface area (Å²) in [5.41, 5.74) is 5.67. The molecular weight excluding hydrogens is 424 g/mol. The van der Waals surface area contributed by atoms with Gasteiger partial charge in [0.2, 0.25) is 0 Å². The fourth-order valence-electron chi connectivity index (χ4n) is 4.30. The summed E-state index contributed by atoms with van der Waals surface area (Å²) in [5, 5.41) is 4.65. The van der Waals surface area contributed by atoms with Crippen LogP contribution in [0.4, 0.5) is 0 Å². The Labute approximate surface area is 191 Å². The third kappa shape index (κ3) is 3.00. The zero-order chi connectivity index (χ0) is 22.3. The molecule has 160 valence electrons. The van der Waals surface area contributed by atoms with E-state index in [0.29, 0.717) is 12.3 Å². The van der Waals surface area contributed by atoms with Gasteiger partial charge in [-0.3, -0.25) is 0 Å². The average Bonchev–Trinajstić information content (AvgIpc) is 3.39. The van der Waals surface area contributed by atoms with Gasteiger partial charge in [0.1, 0.15) is 5.75 Å². The highest BCUT2D eigenvalue weighted by atomic mass is 35.5. The Bertz CT molecular complexity index is 1270. The molecule has 0 aliphatic heterocycles. The number of aromatic nitrogens is 2. The number of carbonyl (C=O) groups is 1. The molecule has 0 bridgehead atoms. The van der Waals surface area contributed by atoms with Crippen LogP contribution in [0.3, 0.4) is 0 Å². The Morgan fingerprint density at radius 2 is 1.56 bits per heavy atom. The van der Waals surface area contributed by atoms with Gasteiger partial charge in [-0.05, 0) is 48.4 Å². The van der Waals surface area contributed by atoms with Crippen LogP contribution in [0.25, 0.3) is 22.4 Å². The van der Waals surface area contributed by atoms with Crippen molar-refractivity contribution in [3.8, 4) is 28.1 Å². The van der Waals surface area contributed by atoms with E-state index in [2.05, 4.69) is 17.2 Å². The van der Waals surface area contributed by atoms with Crippen molar-refractivity contribution in [2.75, 3.05) is 13.7 Å². The number of hydrogen-bond acceptors (Lipinski definition) is 4. The number of nitrogens with zero attached hydrogens (tertiary/aromatic N) is 2. The second kappa shape index (κ2) is 7.84. The molecule has 0 unspecified atom stereocenters. The number of fused-ring (bicyclic) bond motifs is 3. The third-order valence-corrected chi connectivity index (χ3v) is 6.28. The first-order valence-electron chi connectivity index (χ1n) is 10.4. The highest BCUT2D eigenvalue weighted by Crippen LogP contribution is 2.53. The maximum atomic E-state index is 12.4. The molecular formula is C26H21ClN2O3. The zero-order valence-electron chi connectivity index (χ0n) is 17.7. The molecule has 1 aliphatic rings. The molecule has 0 radical (unpaired) electrons. The van der Waals surface area contributed by atoms with E-state index >= 15 is 0 Å². The quantitative estimate of drug-likeness (QED) is 0.292. The molecule has 0 amide bonds. The molecule has 32 heavy (non-hydrogen) atoms. The summed E-state index contributed by atoms with van der Waals surface area (Å²) in [4.78, 5) is 11.3. The van der Waals surface area contributed by atoms with E-state index in [0.717, 1.165) is 33.6 Å². The second-order valence-electron chi connectivity index (χ2n) is 7.49. The fraction of sp³-hybridized carbons (Fsp3) is 0.154. The lowest BCUT2D eigenvalue weighted by atomic mass is 10.0. The van der Waals surface area contributed by atoms with Crippen LogP contribution in [0, 0.1) is 0 Å². The third-order valence-electron chi connectivity index (χ3n) is 5.71. The predicted octanol–water partition coefficient (Wildman–Crippen LogP) is 5.70. The first-order valence-corrected chi connectivity index (χ1v) is 10.8. The molecule has 6 heteroatoms.